The van der Waals surface area contributed by atoms with Gasteiger partial charge in [0.25, 0.3) is 0 Å². The Morgan fingerprint density at radius 1 is 1.15 bits per heavy atom. The molecule has 1 aliphatic heterocycles. The number of nitrogens with zero attached hydrogens (tertiary/aromatic N) is 4. The summed E-state index contributed by atoms with van der Waals surface area (Å²) in [5.41, 5.74) is 2.79. The molecule has 1 aliphatic rings. The minimum Gasteiger partial charge on any atom is -0.508 e. The van der Waals surface area contributed by atoms with Gasteiger partial charge in [-0.3, -0.25) is 9.29 Å². The molecule has 1 saturated heterocycles. The van der Waals surface area contributed by atoms with Crippen LogP contribution in [0.15, 0.2) is 61.1 Å². The van der Waals surface area contributed by atoms with Crippen LogP contribution in [0.4, 0.5) is 16.2 Å². The van der Waals surface area contributed by atoms with Crippen LogP contribution in [0.3, 0.4) is 0 Å². The second-order valence-electron chi connectivity index (χ2n) is 8.25. The molecule has 0 unspecified atom stereocenters. The van der Waals surface area contributed by atoms with Gasteiger partial charge in [0.05, 0.1) is 11.9 Å². The number of amides is 1. The van der Waals surface area contributed by atoms with Crippen molar-refractivity contribution in [2.45, 2.75) is 18.9 Å². The Hall–Kier alpha value is -3.24. The van der Waals surface area contributed by atoms with Crippen LogP contribution in [-0.2, 0) is 10.0 Å². The first-order valence-corrected chi connectivity index (χ1v) is 12.5. The molecule has 0 spiro atoms. The van der Waals surface area contributed by atoms with Crippen molar-refractivity contribution < 1.29 is 18.3 Å². The summed E-state index contributed by atoms with van der Waals surface area (Å²) >= 11 is 0. The number of aromatic nitrogens is 2. The highest BCUT2D eigenvalue weighted by atomic mass is 35.5. The number of hydrogen-bond acceptors (Lipinski definition) is 6. The molecule has 11 heteroatoms. The van der Waals surface area contributed by atoms with Crippen molar-refractivity contribution in [3.05, 3.63) is 61.1 Å². The molecule has 34 heavy (non-hydrogen) atoms. The molecule has 0 aliphatic carbocycles. The van der Waals surface area contributed by atoms with Crippen molar-refractivity contribution >= 4 is 39.8 Å². The van der Waals surface area contributed by atoms with E-state index in [1.54, 1.807) is 48.5 Å². The second kappa shape index (κ2) is 10.4. The quantitative estimate of drug-likeness (QED) is 0.548. The highest BCUT2D eigenvalue weighted by Crippen LogP contribution is 2.25. The molecule has 0 bridgehead atoms. The van der Waals surface area contributed by atoms with E-state index >= 15 is 0 Å². The third-order valence-electron chi connectivity index (χ3n) is 5.79. The van der Waals surface area contributed by atoms with Crippen molar-refractivity contribution in [1.29, 1.82) is 0 Å². The van der Waals surface area contributed by atoms with Gasteiger partial charge in [0.1, 0.15) is 12.1 Å². The van der Waals surface area contributed by atoms with Gasteiger partial charge >= 0.3 is 6.03 Å². The SMILES string of the molecule is CN(C(=O)n1cnc(-c2cccc(NS(C)(=O)=O)c2)c1)C1CCN(c2ccc(O)cc2)CC1.Cl. The summed E-state index contributed by atoms with van der Waals surface area (Å²) in [6, 6.07) is 14.0. The molecule has 2 heterocycles. The van der Waals surface area contributed by atoms with E-state index in [2.05, 4.69) is 14.6 Å². The first-order chi connectivity index (χ1) is 15.7. The summed E-state index contributed by atoms with van der Waals surface area (Å²) in [6.45, 7) is 1.64. The highest BCUT2D eigenvalue weighted by Gasteiger charge is 2.26. The molecule has 1 aromatic heterocycles. The summed E-state index contributed by atoms with van der Waals surface area (Å²) in [5.74, 6) is 0.247. The van der Waals surface area contributed by atoms with E-state index in [1.165, 1.54) is 10.9 Å². The normalized spacial score (nSPS) is 14.4. The van der Waals surface area contributed by atoms with Crippen molar-refractivity contribution in [3.63, 3.8) is 0 Å². The van der Waals surface area contributed by atoms with Gasteiger partial charge in [-0.15, -0.1) is 12.4 Å². The monoisotopic (exact) mass is 505 g/mol. The van der Waals surface area contributed by atoms with Gasteiger partial charge in [-0.2, -0.15) is 0 Å². The lowest BCUT2D eigenvalue weighted by Crippen LogP contribution is -2.46. The van der Waals surface area contributed by atoms with Crippen molar-refractivity contribution in [3.8, 4) is 17.0 Å². The molecule has 0 atom stereocenters. The summed E-state index contributed by atoms with van der Waals surface area (Å²) in [7, 11) is -1.58. The van der Waals surface area contributed by atoms with Gasteiger partial charge in [-0.05, 0) is 49.2 Å². The Bertz CT molecular complexity index is 1240. The van der Waals surface area contributed by atoms with Crippen molar-refractivity contribution in [2.75, 3.05) is 36.0 Å². The van der Waals surface area contributed by atoms with E-state index in [1.807, 2.05) is 18.2 Å². The van der Waals surface area contributed by atoms with Crippen LogP contribution in [0.2, 0.25) is 0 Å². The van der Waals surface area contributed by atoms with Gasteiger partial charge in [-0.25, -0.2) is 18.2 Å². The fourth-order valence-corrected chi connectivity index (χ4v) is 4.60. The number of hydrogen-bond donors (Lipinski definition) is 2. The van der Waals surface area contributed by atoms with Crippen LogP contribution in [0.5, 0.6) is 5.75 Å². The van der Waals surface area contributed by atoms with Crippen LogP contribution in [0, 0.1) is 0 Å². The molecule has 0 saturated carbocycles. The lowest BCUT2D eigenvalue weighted by atomic mass is 10.0. The number of benzene rings is 2. The molecule has 3 aromatic rings. The number of halogens is 1. The first-order valence-electron chi connectivity index (χ1n) is 10.6. The van der Waals surface area contributed by atoms with E-state index in [4.69, 9.17) is 0 Å². The molecule has 1 amide bonds. The zero-order chi connectivity index (χ0) is 23.6. The molecule has 182 valence electrons. The second-order valence-corrected chi connectivity index (χ2v) is 10.00. The maximum atomic E-state index is 13.0. The van der Waals surface area contributed by atoms with E-state index in [0.29, 0.717) is 16.9 Å². The predicted molar refractivity (Wildman–Crippen MR) is 135 cm³/mol. The standard InChI is InChI=1S/C23H27N5O4S.ClH/c1-26(19-10-12-27(13-11-19)20-6-8-21(29)9-7-20)23(30)28-15-22(24-16-28)17-4-3-5-18(14-17)25-33(2,31)32;/h3-9,14-16,19,25,29H,10-13H2,1-2H3;1H. The highest BCUT2D eigenvalue weighted by molar-refractivity contribution is 7.92. The number of anilines is 2. The summed E-state index contributed by atoms with van der Waals surface area (Å²) < 4.78 is 26.9. The number of carbonyl (C=O) groups excluding carboxylic acids is 1. The molecule has 0 radical (unpaired) electrons. The number of phenolic OH excluding ortho intramolecular Hbond substituents is 1. The summed E-state index contributed by atoms with van der Waals surface area (Å²) in [4.78, 5) is 21.4. The number of phenols is 1. The molecular weight excluding hydrogens is 478 g/mol. The molecule has 1 fully saturated rings. The lowest BCUT2D eigenvalue weighted by Gasteiger charge is -2.37. The van der Waals surface area contributed by atoms with E-state index in [0.717, 1.165) is 37.9 Å². The Morgan fingerprint density at radius 2 is 1.82 bits per heavy atom. The topological polar surface area (TPSA) is 108 Å². The lowest BCUT2D eigenvalue weighted by molar-refractivity contribution is 0.181. The van der Waals surface area contributed by atoms with Gasteiger partial charge < -0.3 is 14.9 Å². The van der Waals surface area contributed by atoms with Crippen molar-refractivity contribution in [2.24, 2.45) is 0 Å². The number of sulfonamides is 1. The van der Waals surface area contributed by atoms with Crippen LogP contribution in [0.1, 0.15) is 12.8 Å². The molecule has 2 N–H and O–H groups in total. The van der Waals surface area contributed by atoms with E-state index in [9.17, 15) is 18.3 Å². The largest absolute Gasteiger partial charge is 0.508 e. The number of rotatable bonds is 5. The zero-order valence-corrected chi connectivity index (χ0v) is 20.6. The molecular formula is C23H28ClN5O4S. The Balaban J connectivity index is 0.00000324. The fraction of sp³-hybridized carbons (Fsp3) is 0.304. The number of piperidine rings is 1. The molecule has 2 aromatic carbocycles. The Morgan fingerprint density at radius 3 is 2.47 bits per heavy atom. The number of aromatic hydroxyl groups is 1. The average molecular weight is 506 g/mol. The van der Waals surface area contributed by atoms with E-state index < -0.39 is 10.0 Å². The van der Waals surface area contributed by atoms with Gasteiger partial charge in [-0.1, -0.05) is 12.1 Å². The molecule has 4 rings (SSSR count). The minimum absolute atomic E-state index is 0. The maximum Gasteiger partial charge on any atom is 0.329 e. The third-order valence-corrected chi connectivity index (χ3v) is 6.40. The molecule has 9 nitrogen and oxygen atoms in total. The minimum atomic E-state index is -3.38. The summed E-state index contributed by atoms with van der Waals surface area (Å²) in [5, 5.41) is 9.47. The Labute approximate surface area is 205 Å². The van der Waals surface area contributed by atoms with Crippen LogP contribution in [-0.4, -0.2) is 66.4 Å². The predicted octanol–water partition coefficient (Wildman–Crippen LogP) is 3.62. The Kier molecular flexibility index (Phi) is 7.73. The van der Waals surface area contributed by atoms with Gasteiger partial charge in [0.2, 0.25) is 10.0 Å². The number of imidazole rings is 1. The van der Waals surface area contributed by atoms with Gasteiger partial charge in [0, 0.05) is 49.3 Å². The van der Waals surface area contributed by atoms with Crippen LogP contribution in [0.25, 0.3) is 11.3 Å². The average Bonchev–Trinajstić information content (AvgIpc) is 3.28. The van der Waals surface area contributed by atoms with Crippen LogP contribution >= 0.6 is 12.4 Å². The fourth-order valence-electron chi connectivity index (χ4n) is 4.05. The summed E-state index contributed by atoms with van der Waals surface area (Å²) in [6.07, 6.45) is 5.91. The van der Waals surface area contributed by atoms with E-state index in [-0.39, 0.29) is 30.2 Å². The van der Waals surface area contributed by atoms with Gasteiger partial charge in [0.15, 0.2) is 0 Å². The number of carbonyl (C=O) groups is 1. The first kappa shape index (κ1) is 25.4. The number of nitrogens with one attached hydrogen (secondary N) is 1. The smallest absolute Gasteiger partial charge is 0.329 e. The third kappa shape index (κ3) is 6.00. The zero-order valence-electron chi connectivity index (χ0n) is 19.0. The maximum absolute atomic E-state index is 13.0. The van der Waals surface area contributed by atoms with Crippen molar-refractivity contribution in [1.82, 2.24) is 14.5 Å². The van der Waals surface area contributed by atoms with Crippen LogP contribution < -0.4 is 9.62 Å².